The summed E-state index contributed by atoms with van der Waals surface area (Å²) < 4.78 is 0. The molecular formula is C20H23N3S. The van der Waals surface area contributed by atoms with E-state index in [9.17, 15) is 0 Å². The zero-order chi connectivity index (χ0) is 16.8. The van der Waals surface area contributed by atoms with Gasteiger partial charge in [-0.15, -0.1) is 11.3 Å². The van der Waals surface area contributed by atoms with E-state index in [4.69, 9.17) is 0 Å². The molecule has 1 aromatic carbocycles. The highest BCUT2D eigenvalue weighted by Gasteiger charge is 2.23. The third-order valence-electron chi connectivity index (χ3n) is 5.01. The van der Waals surface area contributed by atoms with E-state index < -0.39 is 0 Å². The molecule has 2 aromatic heterocycles. The molecule has 0 spiro atoms. The van der Waals surface area contributed by atoms with Crippen LogP contribution < -0.4 is 5.32 Å². The van der Waals surface area contributed by atoms with Crippen LogP contribution in [0.1, 0.15) is 40.5 Å². The Kier molecular flexibility index (Phi) is 3.80. The summed E-state index contributed by atoms with van der Waals surface area (Å²) in [7, 11) is 0. The van der Waals surface area contributed by atoms with Crippen molar-refractivity contribution in [3.8, 4) is 0 Å². The summed E-state index contributed by atoms with van der Waals surface area (Å²) in [5, 5.41) is 4.85. The van der Waals surface area contributed by atoms with E-state index in [1.807, 2.05) is 11.3 Å². The Morgan fingerprint density at radius 1 is 1.12 bits per heavy atom. The number of benzene rings is 1. The molecule has 1 N–H and O–H groups in total. The van der Waals surface area contributed by atoms with Gasteiger partial charge in [-0.1, -0.05) is 24.6 Å². The Hall–Kier alpha value is -1.94. The summed E-state index contributed by atoms with van der Waals surface area (Å²) in [5.41, 5.74) is 6.46. The maximum atomic E-state index is 4.59. The first-order chi connectivity index (χ1) is 11.5. The highest BCUT2D eigenvalue weighted by molar-refractivity contribution is 7.19. The van der Waals surface area contributed by atoms with E-state index in [0.29, 0.717) is 0 Å². The monoisotopic (exact) mass is 337 g/mol. The van der Waals surface area contributed by atoms with Gasteiger partial charge in [0.25, 0.3) is 0 Å². The van der Waals surface area contributed by atoms with Crippen LogP contribution in [0.3, 0.4) is 0 Å². The molecule has 0 aliphatic heterocycles. The van der Waals surface area contributed by atoms with Crippen molar-refractivity contribution in [2.24, 2.45) is 5.92 Å². The van der Waals surface area contributed by atoms with Crippen molar-refractivity contribution in [2.45, 2.75) is 47.0 Å². The lowest BCUT2D eigenvalue weighted by molar-refractivity contribution is 0.509. The quantitative estimate of drug-likeness (QED) is 0.672. The first-order valence-corrected chi connectivity index (χ1v) is 9.44. The number of rotatable bonds is 2. The third-order valence-corrected chi connectivity index (χ3v) is 6.17. The molecule has 1 aliphatic carbocycles. The first kappa shape index (κ1) is 15.6. The zero-order valence-corrected chi connectivity index (χ0v) is 15.5. The standard InChI is InChI=1S/C20H23N3S/c1-11-5-6-15-16(9-11)24-20-17(15)19(21-10-22-20)23-18-13(3)7-12(2)8-14(18)4/h7-8,10-11H,5-6,9H2,1-4H3,(H,21,22,23). The molecule has 24 heavy (non-hydrogen) atoms. The smallest absolute Gasteiger partial charge is 0.142 e. The Bertz CT molecular complexity index is 903. The summed E-state index contributed by atoms with van der Waals surface area (Å²) >= 11 is 1.85. The fourth-order valence-electron chi connectivity index (χ4n) is 3.87. The van der Waals surface area contributed by atoms with Gasteiger partial charge in [0, 0.05) is 10.6 Å². The molecule has 1 aliphatic rings. The molecule has 0 saturated carbocycles. The zero-order valence-electron chi connectivity index (χ0n) is 14.7. The van der Waals surface area contributed by atoms with Crippen LogP contribution >= 0.6 is 11.3 Å². The van der Waals surface area contributed by atoms with Crippen molar-refractivity contribution in [2.75, 3.05) is 5.32 Å². The molecule has 0 bridgehead atoms. The molecule has 4 rings (SSSR count). The summed E-state index contributed by atoms with van der Waals surface area (Å²) in [6.45, 7) is 8.80. The lowest BCUT2D eigenvalue weighted by Gasteiger charge is -2.19. The SMILES string of the molecule is Cc1cc(C)c(Nc2ncnc3sc4c(c23)CCC(C)C4)c(C)c1. The molecule has 0 fully saturated rings. The Morgan fingerprint density at radius 2 is 1.88 bits per heavy atom. The minimum absolute atomic E-state index is 0.775. The fraction of sp³-hybridized carbons (Fsp3) is 0.400. The summed E-state index contributed by atoms with van der Waals surface area (Å²) in [5.74, 6) is 1.73. The Labute approximate surface area is 147 Å². The number of thiophene rings is 1. The molecule has 0 saturated heterocycles. The number of aryl methyl sites for hydroxylation is 4. The predicted octanol–water partition coefficient (Wildman–Crippen LogP) is 5.48. The number of nitrogens with zero attached hydrogens (tertiary/aromatic N) is 2. The van der Waals surface area contributed by atoms with Gasteiger partial charge in [0.15, 0.2) is 0 Å². The molecule has 124 valence electrons. The first-order valence-electron chi connectivity index (χ1n) is 8.63. The van der Waals surface area contributed by atoms with Gasteiger partial charge in [0.1, 0.15) is 17.0 Å². The van der Waals surface area contributed by atoms with Gasteiger partial charge in [-0.05, 0) is 62.6 Å². The average molecular weight is 337 g/mol. The predicted molar refractivity (Wildman–Crippen MR) is 103 cm³/mol. The number of anilines is 2. The van der Waals surface area contributed by atoms with Crippen LogP contribution in [0.25, 0.3) is 10.2 Å². The van der Waals surface area contributed by atoms with E-state index in [2.05, 4.69) is 55.1 Å². The normalized spacial score (nSPS) is 17.1. The van der Waals surface area contributed by atoms with Crippen molar-refractivity contribution < 1.29 is 0 Å². The lowest BCUT2D eigenvalue weighted by atomic mass is 9.89. The molecule has 1 atom stereocenters. The highest BCUT2D eigenvalue weighted by atomic mass is 32.1. The van der Waals surface area contributed by atoms with Crippen LogP contribution in [-0.2, 0) is 12.8 Å². The molecule has 4 heteroatoms. The molecule has 0 amide bonds. The molecule has 3 nitrogen and oxygen atoms in total. The summed E-state index contributed by atoms with van der Waals surface area (Å²) in [6.07, 6.45) is 5.27. The van der Waals surface area contributed by atoms with Crippen LogP contribution in [0.15, 0.2) is 18.5 Å². The average Bonchev–Trinajstić information content (AvgIpc) is 2.88. The van der Waals surface area contributed by atoms with Crippen molar-refractivity contribution in [3.63, 3.8) is 0 Å². The van der Waals surface area contributed by atoms with E-state index >= 15 is 0 Å². The van der Waals surface area contributed by atoms with Gasteiger partial charge in [-0.25, -0.2) is 9.97 Å². The van der Waals surface area contributed by atoms with E-state index in [0.717, 1.165) is 23.0 Å². The van der Waals surface area contributed by atoms with Crippen molar-refractivity contribution >= 4 is 33.1 Å². The van der Waals surface area contributed by atoms with Crippen LogP contribution in [0.2, 0.25) is 0 Å². The van der Waals surface area contributed by atoms with Gasteiger partial charge in [0.05, 0.1) is 5.39 Å². The van der Waals surface area contributed by atoms with Gasteiger partial charge < -0.3 is 5.32 Å². The third kappa shape index (κ3) is 2.59. The summed E-state index contributed by atoms with van der Waals surface area (Å²) in [4.78, 5) is 11.8. The minimum atomic E-state index is 0.775. The van der Waals surface area contributed by atoms with Crippen molar-refractivity contribution in [1.82, 2.24) is 9.97 Å². The fourth-order valence-corrected chi connectivity index (χ4v) is 5.22. The van der Waals surface area contributed by atoms with E-state index in [1.165, 1.54) is 51.0 Å². The summed E-state index contributed by atoms with van der Waals surface area (Å²) in [6, 6.07) is 4.44. The van der Waals surface area contributed by atoms with E-state index in [1.54, 1.807) is 6.33 Å². The number of hydrogen-bond acceptors (Lipinski definition) is 4. The van der Waals surface area contributed by atoms with Gasteiger partial charge in [-0.3, -0.25) is 0 Å². The van der Waals surface area contributed by atoms with Crippen LogP contribution in [0, 0.1) is 26.7 Å². The van der Waals surface area contributed by atoms with E-state index in [-0.39, 0.29) is 0 Å². The minimum Gasteiger partial charge on any atom is -0.339 e. The second kappa shape index (κ2) is 5.85. The van der Waals surface area contributed by atoms with Gasteiger partial charge >= 0.3 is 0 Å². The van der Waals surface area contributed by atoms with Crippen LogP contribution in [0.4, 0.5) is 11.5 Å². The maximum absolute atomic E-state index is 4.59. The van der Waals surface area contributed by atoms with Crippen LogP contribution in [0.5, 0.6) is 0 Å². The number of aromatic nitrogens is 2. The van der Waals surface area contributed by atoms with Crippen molar-refractivity contribution in [1.29, 1.82) is 0 Å². The molecule has 0 radical (unpaired) electrons. The van der Waals surface area contributed by atoms with Crippen molar-refractivity contribution in [3.05, 3.63) is 45.6 Å². The topological polar surface area (TPSA) is 37.8 Å². The van der Waals surface area contributed by atoms with Crippen LogP contribution in [-0.4, -0.2) is 9.97 Å². The Morgan fingerprint density at radius 3 is 2.62 bits per heavy atom. The Balaban J connectivity index is 1.83. The van der Waals surface area contributed by atoms with Gasteiger partial charge in [-0.2, -0.15) is 0 Å². The maximum Gasteiger partial charge on any atom is 0.142 e. The molecule has 3 aromatic rings. The van der Waals surface area contributed by atoms with Gasteiger partial charge in [0.2, 0.25) is 0 Å². The molecule has 2 heterocycles. The number of hydrogen-bond donors (Lipinski definition) is 1. The molecular weight excluding hydrogens is 314 g/mol. The number of fused-ring (bicyclic) bond motifs is 3. The second-order valence-corrected chi connectivity index (χ2v) is 8.24. The second-order valence-electron chi connectivity index (χ2n) is 7.15. The molecule has 1 unspecified atom stereocenters. The number of nitrogens with one attached hydrogen (secondary N) is 1. The lowest BCUT2D eigenvalue weighted by Crippen LogP contribution is -2.09. The highest BCUT2D eigenvalue weighted by Crippen LogP contribution is 2.40. The largest absolute Gasteiger partial charge is 0.339 e.